The molecule has 0 saturated carbocycles. The molecule has 1 fully saturated rings. The van der Waals surface area contributed by atoms with Gasteiger partial charge in [-0.2, -0.15) is 0 Å². The maximum absolute atomic E-state index is 12.5. The Morgan fingerprint density at radius 2 is 2.28 bits per heavy atom. The Labute approximate surface area is 150 Å². The van der Waals surface area contributed by atoms with Gasteiger partial charge in [-0.15, -0.1) is 0 Å². The minimum Gasteiger partial charge on any atom is -0.376 e. The summed E-state index contributed by atoms with van der Waals surface area (Å²) in [6.07, 6.45) is 3.57. The van der Waals surface area contributed by atoms with E-state index in [0.29, 0.717) is 28.1 Å². The zero-order chi connectivity index (χ0) is 17.8. The van der Waals surface area contributed by atoms with E-state index in [9.17, 15) is 9.59 Å². The van der Waals surface area contributed by atoms with Gasteiger partial charge in [0.15, 0.2) is 5.13 Å². The van der Waals surface area contributed by atoms with Crippen molar-refractivity contribution in [2.75, 3.05) is 23.4 Å². The molecule has 0 radical (unpaired) electrons. The van der Waals surface area contributed by atoms with Crippen LogP contribution in [0.15, 0.2) is 24.4 Å². The third-order valence-corrected chi connectivity index (χ3v) is 5.10. The number of thiazole rings is 1. The third kappa shape index (κ3) is 4.21. The predicted molar refractivity (Wildman–Crippen MR) is 96.0 cm³/mol. The highest BCUT2D eigenvalue weighted by Crippen LogP contribution is 2.28. The Balaban J connectivity index is 1.77. The van der Waals surface area contributed by atoms with Crippen molar-refractivity contribution in [2.24, 2.45) is 0 Å². The van der Waals surface area contributed by atoms with E-state index in [-0.39, 0.29) is 17.9 Å². The summed E-state index contributed by atoms with van der Waals surface area (Å²) in [6, 6.07) is 5.29. The highest BCUT2D eigenvalue weighted by molar-refractivity contribution is 7.17. The largest absolute Gasteiger partial charge is 0.376 e. The minimum atomic E-state index is -0.277. The monoisotopic (exact) mass is 360 g/mol. The first-order valence-corrected chi connectivity index (χ1v) is 8.96. The number of ether oxygens (including phenoxy) is 1. The number of amides is 2. The minimum absolute atomic E-state index is 0.0268. The molecule has 1 aliphatic heterocycles. The van der Waals surface area contributed by atoms with Crippen LogP contribution in [-0.4, -0.2) is 41.0 Å². The zero-order valence-corrected chi connectivity index (χ0v) is 15.0. The van der Waals surface area contributed by atoms with Crippen LogP contribution in [0.3, 0.4) is 0 Å². The average Bonchev–Trinajstić information content (AvgIpc) is 3.22. The first kappa shape index (κ1) is 17.5. The van der Waals surface area contributed by atoms with E-state index in [4.69, 9.17) is 4.74 Å². The van der Waals surface area contributed by atoms with Crippen LogP contribution in [0, 0.1) is 6.92 Å². The normalized spacial score (nSPS) is 16.6. The molecule has 1 saturated heterocycles. The van der Waals surface area contributed by atoms with E-state index < -0.39 is 0 Å². The van der Waals surface area contributed by atoms with Crippen LogP contribution in [-0.2, 0) is 9.53 Å². The molecule has 0 unspecified atom stereocenters. The molecular formula is C17H20N4O3S. The molecule has 0 bridgehead atoms. The van der Waals surface area contributed by atoms with Gasteiger partial charge in [-0.1, -0.05) is 17.4 Å². The van der Waals surface area contributed by atoms with Crippen LogP contribution in [0.25, 0.3) is 0 Å². The third-order valence-electron chi connectivity index (χ3n) is 3.92. The Morgan fingerprint density at radius 3 is 2.92 bits per heavy atom. The van der Waals surface area contributed by atoms with Crippen molar-refractivity contribution in [3.05, 3.63) is 35.0 Å². The lowest BCUT2D eigenvalue weighted by Crippen LogP contribution is -2.35. The van der Waals surface area contributed by atoms with Crippen LogP contribution in [0.2, 0.25) is 0 Å². The summed E-state index contributed by atoms with van der Waals surface area (Å²) in [6.45, 7) is 4.45. The maximum atomic E-state index is 12.5. The topological polar surface area (TPSA) is 84.4 Å². The van der Waals surface area contributed by atoms with Crippen molar-refractivity contribution in [3.63, 3.8) is 0 Å². The van der Waals surface area contributed by atoms with Crippen LogP contribution in [0.4, 0.5) is 10.9 Å². The van der Waals surface area contributed by atoms with Crippen molar-refractivity contribution >= 4 is 34.1 Å². The molecule has 0 aromatic carbocycles. The van der Waals surface area contributed by atoms with Crippen molar-refractivity contribution < 1.29 is 14.3 Å². The molecule has 3 rings (SSSR count). The van der Waals surface area contributed by atoms with Gasteiger partial charge < -0.3 is 10.1 Å². The lowest BCUT2D eigenvalue weighted by molar-refractivity contribution is -0.116. The van der Waals surface area contributed by atoms with Gasteiger partial charge in [0.05, 0.1) is 18.3 Å². The predicted octanol–water partition coefficient (Wildman–Crippen LogP) is 2.63. The van der Waals surface area contributed by atoms with Crippen molar-refractivity contribution in [2.45, 2.75) is 32.8 Å². The number of aryl methyl sites for hydroxylation is 1. The van der Waals surface area contributed by atoms with Crippen LogP contribution < -0.4 is 10.2 Å². The van der Waals surface area contributed by atoms with Crippen molar-refractivity contribution in [1.29, 1.82) is 0 Å². The number of carbonyl (C=O) groups is 2. The molecule has 8 heteroatoms. The molecule has 0 aliphatic carbocycles. The Morgan fingerprint density at radius 1 is 1.44 bits per heavy atom. The summed E-state index contributed by atoms with van der Waals surface area (Å²) in [5, 5.41) is 3.27. The highest BCUT2D eigenvalue weighted by atomic mass is 32.1. The standard InChI is InChI=1S/C17H20N4O3S/c1-11-15(16(23)20-14-7-3-4-8-18-14)25-17(19-11)21(12(2)22)10-13-6-5-9-24-13/h3-4,7-8,13H,5-6,9-10H2,1-2H3,(H,18,20,23)/t13-/m1/s1. The Hall–Kier alpha value is -2.32. The van der Waals surface area contributed by atoms with E-state index in [1.165, 1.54) is 18.3 Å². The molecule has 1 N–H and O–H groups in total. The average molecular weight is 360 g/mol. The first-order chi connectivity index (χ1) is 12.0. The van der Waals surface area contributed by atoms with Gasteiger partial charge in [0.1, 0.15) is 10.7 Å². The summed E-state index contributed by atoms with van der Waals surface area (Å²) in [7, 11) is 0. The number of pyridine rings is 1. The van der Waals surface area contributed by atoms with Gasteiger partial charge in [0.2, 0.25) is 5.91 Å². The second-order valence-corrected chi connectivity index (χ2v) is 6.82. The lowest BCUT2D eigenvalue weighted by atomic mass is 10.2. The van der Waals surface area contributed by atoms with Crippen LogP contribution in [0.5, 0.6) is 0 Å². The van der Waals surface area contributed by atoms with Gasteiger partial charge in [-0.25, -0.2) is 9.97 Å². The molecule has 132 valence electrons. The molecule has 2 amide bonds. The molecule has 25 heavy (non-hydrogen) atoms. The SMILES string of the molecule is CC(=O)N(C[C@H]1CCCO1)c1nc(C)c(C(=O)Nc2ccccn2)s1. The van der Waals surface area contributed by atoms with Crippen LogP contribution in [0.1, 0.15) is 35.1 Å². The van der Waals surface area contributed by atoms with Gasteiger partial charge in [0.25, 0.3) is 5.91 Å². The van der Waals surface area contributed by atoms with Crippen molar-refractivity contribution in [3.8, 4) is 0 Å². The number of anilines is 2. The Bertz CT molecular complexity index is 757. The summed E-state index contributed by atoms with van der Waals surface area (Å²) < 4.78 is 5.61. The Kier molecular flexibility index (Phi) is 5.40. The number of hydrogen-bond acceptors (Lipinski definition) is 6. The van der Waals surface area contributed by atoms with Gasteiger partial charge >= 0.3 is 0 Å². The number of hydrogen-bond donors (Lipinski definition) is 1. The lowest BCUT2D eigenvalue weighted by Gasteiger charge is -2.21. The summed E-state index contributed by atoms with van der Waals surface area (Å²) in [4.78, 5) is 35.1. The van der Waals surface area contributed by atoms with E-state index in [2.05, 4.69) is 15.3 Å². The smallest absolute Gasteiger partial charge is 0.268 e. The fourth-order valence-electron chi connectivity index (χ4n) is 2.65. The number of carbonyl (C=O) groups excluding carboxylic acids is 2. The highest BCUT2D eigenvalue weighted by Gasteiger charge is 2.26. The van der Waals surface area contributed by atoms with E-state index in [1.54, 1.807) is 36.2 Å². The van der Waals surface area contributed by atoms with Gasteiger partial charge in [-0.05, 0) is 31.9 Å². The number of rotatable bonds is 5. The maximum Gasteiger partial charge on any atom is 0.268 e. The van der Waals surface area contributed by atoms with E-state index in [0.717, 1.165) is 19.4 Å². The van der Waals surface area contributed by atoms with Crippen molar-refractivity contribution in [1.82, 2.24) is 9.97 Å². The number of nitrogens with zero attached hydrogens (tertiary/aromatic N) is 3. The second-order valence-electron chi connectivity index (χ2n) is 5.84. The second kappa shape index (κ2) is 7.71. The first-order valence-electron chi connectivity index (χ1n) is 8.14. The van der Waals surface area contributed by atoms with Gasteiger partial charge in [0, 0.05) is 19.7 Å². The number of nitrogens with one attached hydrogen (secondary N) is 1. The molecular weight excluding hydrogens is 340 g/mol. The molecule has 3 heterocycles. The quantitative estimate of drug-likeness (QED) is 0.886. The van der Waals surface area contributed by atoms with Crippen LogP contribution >= 0.6 is 11.3 Å². The molecule has 0 spiro atoms. The van der Waals surface area contributed by atoms with E-state index >= 15 is 0 Å². The summed E-state index contributed by atoms with van der Waals surface area (Å²) in [5.41, 5.74) is 0.590. The zero-order valence-electron chi connectivity index (χ0n) is 14.2. The van der Waals surface area contributed by atoms with E-state index in [1.807, 2.05) is 0 Å². The fraction of sp³-hybridized carbons (Fsp3) is 0.412. The fourth-order valence-corrected chi connectivity index (χ4v) is 3.67. The molecule has 1 atom stereocenters. The molecule has 7 nitrogen and oxygen atoms in total. The summed E-state index contributed by atoms with van der Waals surface area (Å²) in [5.74, 6) is 0.0890. The summed E-state index contributed by atoms with van der Waals surface area (Å²) >= 11 is 1.21. The number of aromatic nitrogens is 2. The molecule has 2 aromatic heterocycles. The molecule has 2 aromatic rings. The molecule has 1 aliphatic rings. The van der Waals surface area contributed by atoms with Gasteiger partial charge in [-0.3, -0.25) is 14.5 Å².